The Morgan fingerprint density at radius 3 is 2.62 bits per heavy atom. The van der Waals surface area contributed by atoms with Crippen molar-refractivity contribution >= 4 is 27.5 Å². The summed E-state index contributed by atoms with van der Waals surface area (Å²) in [6.07, 6.45) is 0. The number of fused-ring (bicyclic) bond motifs is 1. The van der Waals surface area contributed by atoms with Crippen LogP contribution in [0.15, 0.2) is 28.8 Å². The number of carbonyl (C=O) groups is 1. The van der Waals surface area contributed by atoms with E-state index >= 15 is 0 Å². The molecule has 0 aliphatic carbocycles. The summed E-state index contributed by atoms with van der Waals surface area (Å²) >= 11 is 1.62. The van der Waals surface area contributed by atoms with Crippen molar-refractivity contribution < 1.29 is 9.32 Å². The topological polar surface area (TPSA) is 59.2 Å². The van der Waals surface area contributed by atoms with Crippen LogP contribution in [0.25, 0.3) is 10.2 Å². The maximum Gasteiger partial charge on any atom is 0.259 e. The van der Waals surface area contributed by atoms with Gasteiger partial charge in [0.15, 0.2) is 5.76 Å². The molecule has 3 aromatic rings. The van der Waals surface area contributed by atoms with Crippen LogP contribution < -0.4 is 0 Å². The first-order valence-electron chi connectivity index (χ1n) is 7.99. The van der Waals surface area contributed by atoms with Gasteiger partial charge in [0.1, 0.15) is 10.6 Å². The zero-order chi connectivity index (χ0) is 17.4. The van der Waals surface area contributed by atoms with Gasteiger partial charge in [-0.05, 0) is 26.0 Å². The summed E-state index contributed by atoms with van der Waals surface area (Å²) in [5.41, 5.74) is 2.17. The average molecular weight is 343 g/mol. The highest BCUT2D eigenvalue weighted by Gasteiger charge is 2.28. The zero-order valence-corrected chi connectivity index (χ0v) is 15.3. The number of carbonyl (C=O) groups excluding carboxylic acids is 1. The van der Waals surface area contributed by atoms with Gasteiger partial charge in [-0.15, -0.1) is 11.3 Å². The summed E-state index contributed by atoms with van der Waals surface area (Å²) in [6, 6.07) is 7.89. The van der Waals surface area contributed by atoms with Gasteiger partial charge in [0.05, 0.1) is 22.0 Å². The van der Waals surface area contributed by atoms with Gasteiger partial charge in [0.2, 0.25) is 0 Å². The minimum atomic E-state index is -0.121. The lowest BCUT2D eigenvalue weighted by molar-refractivity contribution is 0.0739. The summed E-state index contributed by atoms with van der Waals surface area (Å²) < 4.78 is 6.48. The van der Waals surface area contributed by atoms with Crippen LogP contribution in [0.3, 0.4) is 0 Å². The summed E-state index contributed by atoms with van der Waals surface area (Å²) in [5.74, 6) is 0.668. The number of benzene rings is 1. The Kier molecular flexibility index (Phi) is 4.41. The van der Waals surface area contributed by atoms with Gasteiger partial charge < -0.3 is 9.42 Å². The van der Waals surface area contributed by atoms with Gasteiger partial charge in [-0.25, -0.2) is 4.98 Å². The summed E-state index contributed by atoms with van der Waals surface area (Å²) in [6.45, 7) is 7.79. The molecule has 3 rings (SSSR count). The maximum absolute atomic E-state index is 13.0. The number of nitrogens with zero attached hydrogens (tertiary/aromatic N) is 3. The van der Waals surface area contributed by atoms with Crippen molar-refractivity contribution in [2.24, 2.45) is 0 Å². The van der Waals surface area contributed by atoms with Gasteiger partial charge in [0, 0.05) is 13.0 Å². The molecule has 0 aliphatic heterocycles. The molecule has 0 saturated heterocycles. The fourth-order valence-corrected chi connectivity index (χ4v) is 3.69. The highest BCUT2D eigenvalue weighted by Crippen LogP contribution is 2.31. The summed E-state index contributed by atoms with van der Waals surface area (Å²) in [5, 5.41) is 4.90. The molecule has 0 bridgehead atoms. The quantitative estimate of drug-likeness (QED) is 0.697. The molecule has 6 heteroatoms. The van der Waals surface area contributed by atoms with E-state index in [1.165, 1.54) is 0 Å². The Morgan fingerprint density at radius 2 is 1.96 bits per heavy atom. The molecule has 0 unspecified atom stereocenters. The average Bonchev–Trinajstić information content (AvgIpc) is 3.16. The van der Waals surface area contributed by atoms with Crippen LogP contribution in [0.2, 0.25) is 0 Å². The van der Waals surface area contributed by atoms with Crippen molar-refractivity contribution in [3.05, 3.63) is 46.3 Å². The standard InChI is InChI=1S/C18H21N3O2S/c1-10(2)16-15(11(3)20-23-16)18(22)21(5)12(4)17-19-13-8-6-7-9-14(13)24-17/h6-10,12H,1-5H3/t12-/m0/s1. The fourth-order valence-electron chi connectivity index (χ4n) is 2.63. The maximum atomic E-state index is 13.0. The molecule has 0 spiro atoms. The van der Waals surface area contributed by atoms with Crippen LogP contribution in [0, 0.1) is 6.92 Å². The van der Waals surface area contributed by atoms with Crippen molar-refractivity contribution in [3.8, 4) is 0 Å². The zero-order valence-electron chi connectivity index (χ0n) is 14.5. The van der Waals surface area contributed by atoms with Crippen LogP contribution in [-0.2, 0) is 0 Å². The molecule has 1 amide bonds. The SMILES string of the molecule is Cc1noc(C(C)C)c1C(=O)N(C)[C@@H](C)c1nc2ccccc2s1. The first-order chi connectivity index (χ1) is 11.4. The molecule has 1 aromatic carbocycles. The van der Waals surface area contributed by atoms with E-state index in [1.54, 1.807) is 30.2 Å². The Bertz CT molecular complexity index is 848. The van der Waals surface area contributed by atoms with E-state index in [2.05, 4.69) is 10.1 Å². The van der Waals surface area contributed by atoms with Crippen LogP contribution in [0.1, 0.15) is 59.6 Å². The lowest BCUT2D eigenvalue weighted by Gasteiger charge is -2.23. The van der Waals surface area contributed by atoms with Crippen LogP contribution in [0.4, 0.5) is 0 Å². The summed E-state index contributed by atoms with van der Waals surface area (Å²) in [4.78, 5) is 19.4. The predicted octanol–water partition coefficient (Wildman–Crippen LogP) is 4.55. The molecule has 1 atom stereocenters. The number of amides is 1. The van der Waals surface area contributed by atoms with E-state index in [9.17, 15) is 4.79 Å². The molecule has 2 heterocycles. The van der Waals surface area contributed by atoms with Gasteiger partial charge >= 0.3 is 0 Å². The number of rotatable bonds is 4. The van der Waals surface area contributed by atoms with E-state index in [4.69, 9.17) is 4.52 Å². The van der Waals surface area contributed by atoms with Crippen LogP contribution in [0.5, 0.6) is 0 Å². The van der Waals surface area contributed by atoms with Gasteiger partial charge in [-0.1, -0.05) is 31.1 Å². The third kappa shape index (κ3) is 2.82. The van der Waals surface area contributed by atoms with E-state index in [-0.39, 0.29) is 17.9 Å². The second-order valence-corrected chi connectivity index (χ2v) is 7.34. The normalized spacial score (nSPS) is 12.8. The van der Waals surface area contributed by atoms with Gasteiger partial charge in [0.25, 0.3) is 5.91 Å². The second-order valence-electron chi connectivity index (χ2n) is 6.27. The molecule has 0 radical (unpaired) electrons. The van der Waals surface area contributed by atoms with E-state index in [0.29, 0.717) is 17.0 Å². The van der Waals surface area contributed by atoms with Crippen molar-refractivity contribution in [1.82, 2.24) is 15.0 Å². The van der Waals surface area contributed by atoms with Gasteiger partial charge in [-0.2, -0.15) is 0 Å². The molecule has 24 heavy (non-hydrogen) atoms. The molecule has 5 nitrogen and oxygen atoms in total. The number of hydrogen-bond acceptors (Lipinski definition) is 5. The van der Waals surface area contributed by atoms with Crippen molar-refractivity contribution in [3.63, 3.8) is 0 Å². The van der Waals surface area contributed by atoms with Crippen LogP contribution >= 0.6 is 11.3 Å². The summed E-state index contributed by atoms with van der Waals surface area (Å²) in [7, 11) is 1.80. The fraction of sp³-hybridized carbons (Fsp3) is 0.389. The number of thiazole rings is 1. The number of aryl methyl sites for hydroxylation is 1. The Labute approximate surface area is 145 Å². The molecule has 0 aliphatic rings. The Hall–Kier alpha value is -2.21. The monoisotopic (exact) mass is 343 g/mol. The molecular formula is C18H21N3O2S. The van der Waals surface area contributed by atoms with E-state index < -0.39 is 0 Å². The van der Waals surface area contributed by atoms with Gasteiger partial charge in [-0.3, -0.25) is 4.79 Å². The number of para-hydroxylation sites is 1. The molecule has 0 saturated carbocycles. The lowest BCUT2D eigenvalue weighted by atomic mass is 10.0. The minimum Gasteiger partial charge on any atom is -0.360 e. The smallest absolute Gasteiger partial charge is 0.259 e. The Balaban J connectivity index is 1.91. The third-order valence-electron chi connectivity index (χ3n) is 4.20. The van der Waals surface area contributed by atoms with E-state index in [0.717, 1.165) is 15.2 Å². The Morgan fingerprint density at radius 1 is 1.25 bits per heavy atom. The molecule has 0 N–H and O–H groups in total. The number of aromatic nitrogens is 2. The highest BCUT2D eigenvalue weighted by molar-refractivity contribution is 7.18. The third-order valence-corrected chi connectivity index (χ3v) is 5.40. The minimum absolute atomic E-state index is 0.0794. The molecule has 0 fully saturated rings. The van der Waals surface area contributed by atoms with Crippen LogP contribution in [-0.4, -0.2) is 28.0 Å². The molecular weight excluding hydrogens is 322 g/mol. The van der Waals surface area contributed by atoms with Crippen molar-refractivity contribution in [2.75, 3.05) is 7.05 Å². The first-order valence-corrected chi connectivity index (χ1v) is 8.80. The van der Waals surface area contributed by atoms with Crippen molar-refractivity contribution in [1.29, 1.82) is 0 Å². The predicted molar refractivity (Wildman–Crippen MR) is 95.5 cm³/mol. The molecule has 2 aromatic heterocycles. The lowest BCUT2D eigenvalue weighted by Crippen LogP contribution is -2.30. The van der Waals surface area contributed by atoms with Crippen molar-refractivity contribution in [2.45, 2.75) is 39.7 Å². The number of hydrogen-bond donors (Lipinski definition) is 0. The van der Waals surface area contributed by atoms with E-state index in [1.807, 2.05) is 45.0 Å². The molecule has 126 valence electrons. The first kappa shape index (κ1) is 16.6. The largest absolute Gasteiger partial charge is 0.360 e. The second kappa shape index (κ2) is 6.36. The highest BCUT2D eigenvalue weighted by atomic mass is 32.1.